The van der Waals surface area contributed by atoms with Crippen molar-refractivity contribution >= 4 is 22.6 Å². The molecule has 21 heavy (non-hydrogen) atoms. The van der Waals surface area contributed by atoms with E-state index in [1.54, 1.807) is 24.3 Å². The molecule has 0 heterocycles. The van der Waals surface area contributed by atoms with Crippen LogP contribution in [0.2, 0.25) is 0 Å². The summed E-state index contributed by atoms with van der Waals surface area (Å²) >= 11 is 0. The molecule has 0 atom stereocenters. The molecule has 0 aliphatic rings. The van der Waals surface area contributed by atoms with E-state index in [4.69, 9.17) is 0 Å². The van der Waals surface area contributed by atoms with Crippen LogP contribution in [0.4, 0.5) is 0 Å². The summed E-state index contributed by atoms with van der Waals surface area (Å²) in [7, 11) is 0. The maximum absolute atomic E-state index is 12.0. The van der Waals surface area contributed by atoms with Gasteiger partial charge in [0.15, 0.2) is 0 Å². The van der Waals surface area contributed by atoms with Gasteiger partial charge in [-0.2, -0.15) is 0 Å². The molecule has 0 saturated heterocycles. The molecule has 0 bridgehead atoms. The number of hydrogen-bond donors (Lipinski definition) is 3. The lowest BCUT2D eigenvalue weighted by Gasteiger charge is -2.09. The fourth-order valence-corrected chi connectivity index (χ4v) is 2.11. The average molecular weight is 286 g/mol. The van der Waals surface area contributed by atoms with Crippen molar-refractivity contribution in [3.05, 3.63) is 42.0 Å². The van der Waals surface area contributed by atoms with E-state index >= 15 is 0 Å². The van der Waals surface area contributed by atoms with Crippen molar-refractivity contribution in [2.24, 2.45) is 0 Å². The fraction of sp³-hybridized carbons (Fsp3) is 0.250. The first kappa shape index (κ1) is 14.8. The highest BCUT2D eigenvalue weighted by Crippen LogP contribution is 2.28. The summed E-state index contributed by atoms with van der Waals surface area (Å²) in [6.45, 7) is 2.64. The summed E-state index contributed by atoms with van der Waals surface area (Å²) in [5.41, 5.74) is 0.213. The van der Waals surface area contributed by atoms with Gasteiger partial charge in [-0.3, -0.25) is 9.59 Å². The number of amides is 2. The van der Waals surface area contributed by atoms with Crippen molar-refractivity contribution in [2.45, 2.75) is 13.3 Å². The molecule has 5 heteroatoms. The molecule has 0 aliphatic heterocycles. The van der Waals surface area contributed by atoms with Crippen LogP contribution in [-0.4, -0.2) is 30.0 Å². The zero-order valence-electron chi connectivity index (χ0n) is 11.8. The maximum Gasteiger partial charge on any atom is 0.255 e. The van der Waals surface area contributed by atoms with E-state index in [-0.39, 0.29) is 36.1 Å². The number of phenols is 1. The van der Waals surface area contributed by atoms with Gasteiger partial charge in [-0.15, -0.1) is 0 Å². The van der Waals surface area contributed by atoms with Gasteiger partial charge in [-0.05, 0) is 18.4 Å². The van der Waals surface area contributed by atoms with Crippen molar-refractivity contribution in [3.8, 4) is 5.75 Å². The summed E-state index contributed by atoms with van der Waals surface area (Å²) in [5.74, 6) is -0.535. The van der Waals surface area contributed by atoms with Gasteiger partial charge in [0.1, 0.15) is 5.75 Å². The molecule has 2 amide bonds. The lowest BCUT2D eigenvalue weighted by atomic mass is 10.0. The van der Waals surface area contributed by atoms with Crippen LogP contribution in [-0.2, 0) is 4.79 Å². The van der Waals surface area contributed by atoms with Gasteiger partial charge in [0.25, 0.3) is 5.91 Å². The van der Waals surface area contributed by atoms with Crippen LogP contribution >= 0.6 is 0 Å². The van der Waals surface area contributed by atoms with Crippen molar-refractivity contribution in [1.82, 2.24) is 10.6 Å². The summed E-state index contributed by atoms with van der Waals surface area (Å²) in [6, 6.07) is 10.7. The Morgan fingerprint density at radius 1 is 1.10 bits per heavy atom. The normalized spacial score (nSPS) is 10.3. The fourth-order valence-electron chi connectivity index (χ4n) is 2.11. The first-order valence-electron chi connectivity index (χ1n) is 6.89. The second-order valence-electron chi connectivity index (χ2n) is 4.64. The van der Waals surface area contributed by atoms with E-state index in [0.29, 0.717) is 11.9 Å². The predicted molar refractivity (Wildman–Crippen MR) is 81.2 cm³/mol. The summed E-state index contributed by atoms with van der Waals surface area (Å²) in [6.07, 6.45) is 0.216. The highest BCUT2D eigenvalue weighted by atomic mass is 16.3. The number of carbonyl (C=O) groups is 2. The number of nitrogens with one attached hydrogen (secondary N) is 2. The number of carbonyl (C=O) groups excluding carboxylic acids is 2. The third-order valence-electron chi connectivity index (χ3n) is 3.16. The maximum atomic E-state index is 12.0. The number of aromatic hydroxyl groups is 1. The van der Waals surface area contributed by atoms with Gasteiger partial charge in [-0.1, -0.05) is 30.3 Å². The molecule has 0 unspecified atom stereocenters. The molecule has 0 aliphatic carbocycles. The highest BCUT2D eigenvalue weighted by molar-refractivity contribution is 6.03. The van der Waals surface area contributed by atoms with E-state index in [9.17, 15) is 14.7 Å². The SMILES string of the molecule is CCNC(=O)CCNC(=O)c1ccc2ccccc2c1O. The largest absolute Gasteiger partial charge is 0.506 e. The van der Waals surface area contributed by atoms with Crippen molar-refractivity contribution < 1.29 is 14.7 Å². The van der Waals surface area contributed by atoms with Gasteiger partial charge in [-0.25, -0.2) is 0 Å². The minimum atomic E-state index is -0.387. The van der Waals surface area contributed by atoms with Crippen LogP contribution in [0.25, 0.3) is 10.8 Å². The Balaban J connectivity index is 2.06. The van der Waals surface area contributed by atoms with Gasteiger partial charge >= 0.3 is 0 Å². The highest BCUT2D eigenvalue weighted by Gasteiger charge is 2.13. The zero-order chi connectivity index (χ0) is 15.2. The minimum Gasteiger partial charge on any atom is -0.506 e. The van der Waals surface area contributed by atoms with E-state index in [1.165, 1.54) is 0 Å². The molecular weight excluding hydrogens is 268 g/mol. The number of benzene rings is 2. The zero-order valence-corrected chi connectivity index (χ0v) is 11.8. The van der Waals surface area contributed by atoms with E-state index < -0.39 is 0 Å². The summed E-state index contributed by atoms with van der Waals surface area (Å²) in [4.78, 5) is 23.3. The predicted octanol–water partition coefficient (Wildman–Crippen LogP) is 1.80. The van der Waals surface area contributed by atoms with Gasteiger partial charge in [0, 0.05) is 24.9 Å². The van der Waals surface area contributed by atoms with Crippen LogP contribution in [0, 0.1) is 0 Å². The number of rotatable bonds is 5. The molecule has 2 aromatic rings. The topological polar surface area (TPSA) is 78.4 Å². The quantitative estimate of drug-likeness (QED) is 0.784. The molecule has 0 aromatic heterocycles. The van der Waals surface area contributed by atoms with E-state index in [2.05, 4.69) is 10.6 Å². The molecule has 0 radical (unpaired) electrons. The van der Waals surface area contributed by atoms with Crippen LogP contribution < -0.4 is 10.6 Å². The Morgan fingerprint density at radius 2 is 1.86 bits per heavy atom. The third-order valence-corrected chi connectivity index (χ3v) is 3.16. The Morgan fingerprint density at radius 3 is 2.62 bits per heavy atom. The first-order valence-corrected chi connectivity index (χ1v) is 6.89. The minimum absolute atomic E-state index is 0.0383. The summed E-state index contributed by atoms with van der Waals surface area (Å²) in [5, 5.41) is 17.0. The lowest BCUT2D eigenvalue weighted by Crippen LogP contribution is -2.30. The Kier molecular flexibility index (Phi) is 4.77. The number of phenolic OH excluding ortho intramolecular Hbond substituents is 1. The molecule has 3 N–H and O–H groups in total. The van der Waals surface area contributed by atoms with Crippen LogP contribution in [0.3, 0.4) is 0 Å². The number of hydrogen-bond acceptors (Lipinski definition) is 3. The molecule has 2 aromatic carbocycles. The van der Waals surface area contributed by atoms with Crippen LogP contribution in [0.15, 0.2) is 36.4 Å². The van der Waals surface area contributed by atoms with Crippen molar-refractivity contribution in [2.75, 3.05) is 13.1 Å². The smallest absolute Gasteiger partial charge is 0.255 e. The van der Waals surface area contributed by atoms with Crippen molar-refractivity contribution in [1.29, 1.82) is 0 Å². The molecule has 0 spiro atoms. The van der Waals surface area contributed by atoms with Crippen molar-refractivity contribution in [3.63, 3.8) is 0 Å². The Bertz CT molecular complexity index is 668. The van der Waals surface area contributed by atoms with Gasteiger partial charge in [0.2, 0.25) is 5.91 Å². The van der Waals surface area contributed by atoms with Gasteiger partial charge < -0.3 is 15.7 Å². The molecule has 2 rings (SSSR count). The lowest BCUT2D eigenvalue weighted by molar-refractivity contribution is -0.120. The van der Waals surface area contributed by atoms with E-state index in [0.717, 1.165) is 5.39 Å². The van der Waals surface area contributed by atoms with Crippen LogP contribution in [0.5, 0.6) is 5.75 Å². The molecule has 0 saturated carbocycles. The summed E-state index contributed by atoms with van der Waals surface area (Å²) < 4.78 is 0. The average Bonchev–Trinajstić information content (AvgIpc) is 2.48. The van der Waals surface area contributed by atoms with Crippen LogP contribution in [0.1, 0.15) is 23.7 Å². The molecular formula is C16H18N2O3. The molecule has 5 nitrogen and oxygen atoms in total. The Labute approximate surface area is 123 Å². The first-order chi connectivity index (χ1) is 10.1. The Hall–Kier alpha value is -2.56. The molecule has 110 valence electrons. The van der Waals surface area contributed by atoms with Gasteiger partial charge in [0.05, 0.1) is 5.56 Å². The second kappa shape index (κ2) is 6.74. The second-order valence-corrected chi connectivity index (χ2v) is 4.64. The third kappa shape index (κ3) is 3.51. The monoisotopic (exact) mass is 286 g/mol. The standard InChI is InChI=1S/C16H18N2O3/c1-2-17-14(19)9-10-18-16(21)13-8-7-11-5-3-4-6-12(11)15(13)20/h3-8,20H,2,9-10H2,1H3,(H,17,19)(H,18,21). The van der Waals surface area contributed by atoms with E-state index in [1.807, 2.05) is 19.1 Å². The molecule has 0 fully saturated rings. The number of fused-ring (bicyclic) bond motifs is 1.